The molecule has 1 N–H and O–H groups in total. The third kappa shape index (κ3) is 11.1. The lowest BCUT2D eigenvalue weighted by atomic mass is 10.2. The second-order valence-electron chi connectivity index (χ2n) is 4.07. The molecule has 0 aliphatic heterocycles. The molecule has 0 atom stereocenters. The topological polar surface area (TPSA) is 38.3 Å². The maximum Gasteiger partial charge on any atom is 0.333 e. The summed E-state index contributed by atoms with van der Waals surface area (Å²) in [6.45, 7) is 9.19. The van der Waals surface area contributed by atoms with E-state index in [0.717, 1.165) is 25.8 Å². The SMILES string of the molecule is C=C(C)C(=O)OCCNCCC=CCCC=CC. The number of rotatable bonds is 10. The van der Waals surface area contributed by atoms with Gasteiger partial charge in [-0.1, -0.05) is 30.9 Å². The van der Waals surface area contributed by atoms with Crippen LogP contribution in [0, 0.1) is 0 Å². The fourth-order valence-corrected chi connectivity index (χ4v) is 1.24. The van der Waals surface area contributed by atoms with E-state index in [1.54, 1.807) is 6.92 Å². The Hall–Kier alpha value is -1.35. The van der Waals surface area contributed by atoms with Crippen molar-refractivity contribution in [2.75, 3.05) is 19.7 Å². The highest BCUT2D eigenvalue weighted by atomic mass is 16.5. The highest BCUT2D eigenvalue weighted by Crippen LogP contribution is 1.94. The van der Waals surface area contributed by atoms with Gasteiger partial charge < -0.3 is 10.1 Å². The van der Waals surface area contributed by atoms with E-state index in [0.29, 0.717) is 18.7 Å². The number of hydrogen-bond donors (Lipinski definition) is 1. The second-order valence-corrected chi connectivity index (χ2v) is 4.07. The summed E-state index contributed by atoms with van der Waals surface area (Å²) in [6, 6.07) is 0. The van der Waals surface area contributed by atoms with E-state index in [4.69, 9.17) is 4.74 Å². The summed E-state index contributed by atoms with van der Waals surface area (Å²) in [5.74, 6) is -0.319. The first-order valence-electron chi connectivity index (χ1n) is 6.48. The standard InChI is InChI=1S/C15H25NO2/c1-4-5-6-7-8-9-10-11-16-12-13-18-15(17)14(2)3/h4-5,8-9,16H,2,6-7,10-13H2,1,3H3. The van der Waals surface area contributed by atoms with Crippen LogP contribution in [0.3, 0.4) is 0 Å². The van der Waals surface area contributed by atoms with Crippen molar-refractivity contribution in [3.05, 3.63) is 36.5 Å². The first-order chi connectivity index (χ1) is 8.68. The van der Waals surface area contributed by atoms with Crippen molar-refractivity contribution in [1.82, 2.24) is 5.32 Å². The van der Waals surface area contributed by atoms with E-state index < -0.39 is 0 Å². The van der Waals surface area contributed by atoms with Gasteiger partial charge in [-0.05, 0) is 39.7 Å². The Morgan fingerprint density at radius 1 is 1.17 bits per heavy atom. The smallest absolute Gasteiger partial charge is 0.333 e. The zero-order chi connectivity index (χ0) is 13.6. The minimum atomic E-state index is -0.319. The van der Waals surface area contributed by atoms with Gasteiger partial charge in [0.05, 0.1) is 0 Å². The average Bonchev–Trinajstić information content (AvgIpc) is 2.35. The first kappa shape index (κ1) is 16.6. The summed E-state index contributed by atoms with van der Waals surface area (Å²) in [7, 11) is 0. The fraction of sp³-hybridized carbons (Fsp3) is 0.533. The van der Waals surface area contributed by atoms with Crippen LogP contribution in [0.2, 0.25) is 0 Å². The molecule has 0 rings (SSSR count). The molecule has 0 aliphatic carbocycles. The summed E-state index contributed by atoms with van der Waals surface area (Å²) < 4.78 is 4.95. The molecule has 0 radical (unpaired) electrons. The van der Waals surface area contributed by atoms with Gasteiger partial charge in [-0.25, -0.2) is 4.79 Å². The van der Waals surface area contributed by atoms with Crippen LogP contribution >= 0.6 is 0 Å². The number of nitrogens with one attached hydrogen (secondary N) is 1. The molecule has 0 unspecified atom stereocenters. The van der Waals surface area contributed by atoms with Crippen molar-refractivity contribution in [1.29, 1.82) is 0 Å². The second kappa shape index (κ2) is 12.1. The molecule has 102 valence electrons. The van der Waals surface area contributed by atoms with Crippen LogP contribution in [0.4, 0.5) is 0 Å². The third-order valence-electron chi connectivity index (χ3n) is 2.25. The molecule has 0 fully saturated rings. The van der Waals surface area contributed by atoms with Gasteiger partial charge >= 0.3 is 5.97 Å². The van der Waals surface area contributed by atoms with Crippen LogP contribution in [0.25, 0.3) is 0 Å². The van der Waals surface area contributed by atoms with Crippen LogP contribution in [-0.2, 0) is 9.53 Å². The van der Waals surface area contributed by atoms with E-state index in [1.165, 1.54) is 0 Å². The summed E-state index contributed by atoms with van der Waals surface area (Å²) in [5.41, 5.74) is 0.444. The Morgan fingerprint density at radius 3 is 2.50 bits per heavy atom. The van der Waals surface area contributed by atoms with Crippen LogP contribution in [0.15, 0.2) is 36.5 Å². The van der Waals surface area contributed by atoms with Gasteiger partial charge in [0, 0.05) is 12.1 Å². The van der Waals surface area contributed by atoms with Gasteiger partial charge in [0.25, 0.3) is 0 Å². The molecule has 3 heteroatoms. The Morgan fingerprint density at radius 2 is 1.83 bits per heavy atom. The minimum absolute atomic E-state index is 0.319. The number of carbonyl (C=O) groups is 1. The number of unbranched alkanes of at least 4 members (excludes halogenated alkanes) is 1. The molecule has 0 saturated carbocycles. The van der Waals surface area contributed by atoms with Crippen LogP contribution < -0.4 is 5.32 Å². The summed E-state index contributed by atoms with van der Waals surface area (Å²) >= 11 is 0. The molecule has 0 amide bonds. The predicted molar refractivity (Wildman–Crippen MR) is 76.4 cm³/mol. The van der Waals surface area contributed by atoms with Crippen LogP contribution in [0.1, 0.15) is 33.1 Å². The van der Waals surface area contributed by atoms with Gasteiger partial charge in [0.15, 0.2) is 0 Å². The van der Waals surface area contributed by atoms with Crippen molar-refractivity contribution in [2.24, 2.45) is 0 Å². The van der Waals surface area contributed by atoms with Gasteiger partial charge in [-0.3, -0.25) is 0 Å². The summed E-state index contributed by atoms with van der Waals surface area (Å²) in [5, 5.41) is 3.21. The maximum atomic E-state index is 11.0. The Balaban J connectivity index is 3.25. The fourth-order valence-electron chi connectivity index (χ4n) is 1.24. The van der Waals surface area contributed by atoms with E-state index >= 15 is 0 Å². The molecular formula is C15H25NO2. The Labute approximate surface area is 111 Å². The number of allylic oxidation sites excluding steroid dienone is 3. The molecule has 0 heterocycles. The number of carbonyl (C=O) groups excluding carboxylic acids is 1. The van der Waals surface area contributed by atoms with Crippen molar-refractivity contribution < 1.29 is 9.53 Å². The molecule has 0 spiro atoms. The largest absolute Gasteiger partial charge is 0.461 e. The molecule has 3 nitrogen and oxygen atoms in total. The van der Waals surface area contributed by atoms with Crippen molar-refractivity contribution >= 4 is 5.97 Å². The van der Waals surface area contributed by atoms with E-state index in [9.17, 15) is 4.79 Å². The van der Waals surface area contributed by atoms with E-state index in [-0.39, 0.29) is 5.97 Å². The molecule has 0 aromatic carbocycles. The Kier molecular flexibility index (Phi) is 11.2. The van der Waals surface area contributed by atoms with Crippen molar-refractivity contribution in [2.45, 2.75) is 33.1 Å². The van der Waals surface area contributed by atoms with Crippen molar-refractivity contribution in [3.63, 3.8) is 0 Å². The summed E-state index contributed by atoms with van der Waals surface area (Å²) in [4.78, 5) is 11.0. The van der Waals surface area contributed by atoms with Crippen LogP contribution in [-0.4, -0.2) is 25.7 Å². The summed E-state index contributed by atoms with van der Waals surface area (Å²) in [6.07, 6.45) is 11.8. The van der Waals surface area contributed by atoms with Crippen LogP contribution in [0.5, 0.6) is 0 Å². The predicted octanol–water partition coefficient (Wildman–Crippen LogP) is 3.00. The number of esters is 1. The number of hydrogen-bond acceptors (Lipinski definition) is 3. The molecule has 0 aliphatic rings. The lowest BCUT2D eigenvalue weighted by Gasteiger charge is -2.04. The van der Waals surface area contributed by atoms with E-state index in [2.05, 4.69) is 36.2 Å². The molecular weight excluding hydrogens is 226 g/mol. The lowest BCUT2D eigenvalue weighted by molar-refractivity contribution is -0.138. The molecule has 0 saturated heterocycles. The molecule has 0 aromatic heterocycles. The quantitative estimate of drug-likeness (QED) is 0.281. The normalized spacial score (nSPS) is 11.2. The van der Waals surface area contributed by atoms with Crippen molar-refractivity contribution in [3.8, 4) is 0 Å². The Bertz CT molecular complexity index is 293. The maximum absolute atomic E-state index is 11.0. The zero-order valence-electron chi connectivity index (χ0n) is 11.6. The lowest BCUT2D eigenvalue weighted by Crippen LogP contribution is -2.22. The van der Waals surface area contributed by atoms with E-state index in [1.807, 2.05) is 6.92 Å². The monoisotopic (exact) mass is 251 g/mol. The highest BCUT2D eigenvalue weighted by molar-refractivity contribution is 5.86. The third-order valence-corrected chi connectivity index (χ3v) is 2.25. The van der Waals surface area contributed by atoms with Gasteiger partial charge in [0.1, 0.15) is 6.61 Å². The number of ether oxygens (including phenoxy) is 1. The first-order valence-corrected chi connectivity index (χ1v) is 6.48. The molecule has 18 heavy (non-hydrogen) atoms. The molecule has 0 aromatic rings. The van der Waals surface area contributed by atoms with Gasteiger partial charge in [-0.15, -0.1) is 0 Å². The minimum Gasteiger partial charge on any atom is -0.461 e. The average molecular weight is 251 g/mol. The van der Waals surface area contributed by atoms with Gasteiger partial charge in [-0.2, -0.15) is 0 Å². The molecule has 0 bridgehead atoms. The highest BCUT2D eigenvalue weighted by Gasteiger charge is 2.00. The zero-order valence-corrected chi connectivity index (χ0v) is 11.6. The van der Waals surface area contributed by atoms with Gasteiger partial charge in [0.2, 0.25) is 0 Å².